The van der Waals surface area contributed by atoms with E-state index in [1.54, 1.807) is 0 Å². The molecule has 0 aromatic heterocycles. The van der Waals surface area contributed by atoms with Crippen molar-refractivity contribution in [3.63, 3.8) is 0 Å². The maximum Gasteiger partial charge on any atom is 0.0173 e. The zero-order valence-electron chi connectivity index (χ0n) is 6.13. The third-order valence-electron chi connectivity index (χ3n) is 6.06. The zero-order valence-corrected chi connectivity index (χ0v) is 6.88. The van der Waals surface area contributed by atoms with Gasteiger partial charge in [0.2, 0.25) is 0 Å². The van der Waals surface area contributed by atoms with Gasteiger partial charge in [-0.2, -0.15) is 0 Å². The van der Waals surface area contributed by atoms with Gasteiger partial charge in [-0.05, 0) is 58.6 Å². The molecule has 2 heteroatoms. The van der Waals surface area contributed by atoms with Crippen molar-refractivity contribution >= 4 is 11.8 Å². The minimum absolute atomic E-state index is 0.774. The van der Waals surface area contributed by atoms with Crippen molar-refractivity contribution in [1.82, 2.24) is 4.84 Å². The first-order valence-corrected chi connectivity index (χ1v) is 5.14. The maximum absolute atomic E-state index is 5.60. The van der Waals surface area contributed by atoms with E-state index in [-0.39, 0.29) is 0 Å². The monoisotopic (exact) mass is 167 g/mol. The molecule has 0 saturated heterocycles. The van der Waals surface area contributed by atoms with E-state index in [4.69, 9.17) is 11.8 Å². The van der Waals surface area contributed by atoms with Crippen molar-refractivity contribution in [3.05, 3.63) is 0 Å². The Bertz CT molecular complexity index is 236. The van der Waals surface area contributed by atoms with Crippen LogP contribution in [0, 0.1) is 46.8 Å². The highest BCUT2D eigenvalue weighted by Crippen LogP contribution is 3.05. The fraction of sp³-hybridized carbons (Fsp3) is 1.00. The molecule has 6 fully saturated rings. The van der Waals surface area contributed by atoms with Crippen molar-refractivity contribution in [3.8, 4) is 0 Å². The second-order valence-corrected chi connectivity index (χ2v) is 5.58. The van der Waals surface area contributed by atoms with E-state index < -0.39 is 0 Å². The Hall–Kier alpha value is 0.250. The summed E-state index contributed by atoms with van der Waals surface area (Å²) in [4.78, 5) is 2.88. The molecular formula is C9H10ClN. The van der Waals surface area contributed by atoms with E-state index in [2.05, 4.69) is 4.84 Å². The summed E-state index contributed by atoms with van der Waals surface area (Å²) in [5.74, 6) is 8.32. The highest BCUT2D eigenvalue weighted by molar-refractivity contribution is 6.13. The molecule has 0 unspecified atom stereocenters. The first kappa shape index (κ1) is 5.08. The molecule has 1 nitrogen and oxygen atoms in total. The van der Waals surface area contributed by atoms with Gasteiger partial charge in [0, 0.05) is 6.54 Å². The molecule has 6 saturated carbocycles. The second kappa shape index (κ2) is 1.03. The lowest BCUT2D eigenvalue weighted by Gasteiger charge is -3.08. The normalized spacial score (nSPS) is 88.6. The van der Waals surface area contributed by atoms with Crippen molar-refractivity contribution in [2.75, 3.05) is 6.54 Å². The van der Waals surface area contributed by atoms with E-state index in [0.717, 1.165) is 29.7 Å². The first-order valence-electron chi connectivity index (χ1n) is 4.76. The average molecular weight is 168 g/mol. The van der Waals surface area contributed by atoms with Gasteiger partial charge in [0.25, 0.3) is 0 Å². The van der Waals surface area contributed by atoms with Crippen molar-refractivity contribution < 1.29 is 0 Å². The third kappa shape index (κ3) is 0.206. The average Bonchev–Trinajstić information content (AvgIpc) is 2.06. The minimum atomic E-state index is 0.774. The Morgan fingerprint density at radius 2 is 1.55 bits per heavy atom. The predicted molar refractivity (Wildman–Crippen MR) is 40.7 cm³/mol. The van der Waals surface area contributed by atoms with Crippen LogP contribution in [-0.4, -0.2) is 6.54 Å². The number of nitrogens with one attached hydrogen (secondary N) is 1. The molecule has 0 amide bonds. The van der Waals surface area contributed by atoms with Gasteiger partial charge in [-0.3, -0.25) is 0 Å². The molecule has 0 bridgehead atoms. The Balaban J connectivity index is 1.64. The van der Waals surface area contributed by atoms with Crippen LogP contribution in [0.1, 0.15) is 0 Å². The fourth-order valence-corrected chi connectivity index (χ4v) is 6.37. The van der Waals surface area contributed by atoms with E-state index in [9.17, 15) is 0 Å². The van der Waals surface area contributed by atoms with E-state index in [0.29, 0.717) is 0 Å². The molecule has 0 aliphatic heterocycles. The summed E-state index contributed by atoms with van der Waals surface area (Å²) in [7, 11) is 0. The van der Waals surface area contributed by atoms with Crippen molar-refractivity contribution in [1.29, 1.82) is 0 Å². The standard InChI is InChI=1S/C9H10ClN/c10-11-1-9-6-3-2-4(6)8(9)5(2)7(3)9/h2-8,11H,1H2/t2?,3-,4+,5?,6-,7?,8?,9+. The Morgan fingerprint density at radius 3 is 2.00 bits per heavy atom. The molecule has 11 heavy (non-hydrogen) atoms. The highest BCUT2D eigenvalue weighted by Gasteiger charge is 3.03. The SMILES string of the molecule is ClNC[C@]12C3C4C5[C@H]3[C@H]1[C@@H]5C42. The molecule has 0 heterocycles. The number of hydrogen-bond donors (Lipinski definition) is 1. The van der Waals surface area contributed by atoms with Gasteiger partial charge in [0.05, 0.1) is 0 Å². The van der Waals surface area contributed by atoms with Crippen LogP contribution in [0.3, 0.4) is 0 Å². The highest BCUT2D eigenvalue weighted by atomic mass is 35.5. The van der Waals surface area contributed by atoms with Crippen LogP contribution < -0.4 is 4.84 Å². The smallest absolute Gasteiger partial charge is 0.0173 e. The molecule has 0 aromatic carbocycles. The zero-order chi connectivity index (χ0) is 6.96. The Labute approximate surface area is 70.6 Å². The van der Waals surface area contributed by atoms with Gasteiger partial charge in [0.15, 0.2) is 0 Å². The van der Waals surface area contributed by atoms with E-state index >= 15 is 0 Å². The lowest BCUT2D eigenvalue weighted by Crippen LogP contribution is -3.06. The summed E-state index contributed by atoms with van der Waals surface area (Å²) in [6.07, 6.45) is 0. The lowest BCUT2D eigenvalue weighted by molar-refractivity contribution is -0.611. The predicted octanol–water partition coefficient (Wildman–Crippen LogP) is 1.10. The van der Waals surface area contributed by atoms with Crippen molar-refractivity contribution in [2.45, 2.75) is 0 Å². The molecule has 6 rings (SSSR count). The maximum atomic E-state index is 5.60. The van der Waals surface area contributed by atoms with Crippen LogP contribution in [0.4, 0.5) is 0 Å². The van der Waals surface area contributed by atoms with Crippen LogP contribution in [0.5, 0.6) is 0 Å². The molecule has 0 aromatic rings. The van der Waals surface area contributed by atoms with Gasteiger partial charge in [-0.15, -0.1) is 0 Å². The molecule has 0 radical (unpaired) electrons. The topological polar surface area (TPSA) is 12.0 Å². The third-order valence-corrected chi connectivity index (χ3v) is 6.19. The van der Waals surface area contributed by atoms with Crippen LogP contribution in [0.25, 0.3) is 0 Å². The van der Waals surface area contributed by atoms with E-state index in [1.165, 1.54) is 23.7 Å². The van der Waals surface area contributed by atoms with Gasteiger partial charge in [-0.25, -0.2) is 4.84 Å². The number of halogens is 1. The van der Waals surface area contributed by atoms with Gasteiger partial charge in [-0.1, -0.05) is 0 Å². The molecule has 58 valence electrons. The molecule has 1 N–H and O–H groups in total. The summed E-state index contributed by atoms with van der Waals surface area (Å²) in [6.45, 7) is 1.12. The van der Waals surface area contributed by atoms with Gasteiger partial charge >= 0.3 is 0 Å². The van der Waals surface area contributed by atoms with Crippen LogP contribution in [-0.2, 0) is 0 Å². The summed E-state index contributed by atoms with van der Waals surface area (Å²) in [6, 6.07) is 0. The first-order chi connectivity index (χ1) is 5.43. The Kier molecular flexibility index (Phi) is 0.474. The minimum Gasteiger partial charge on any atom is -0.233 e. The van der Waals surface area contributed by atoms with Gasteiger partial charge in [0.1, 0.15) is 0 Å². The second-order valence-electron chi connectivity index (χ2n) is 5.31. The largest absolute Gasteiger partial charge is 0.233 e. The number of rotatable bonds is 2. The van der Waals surface area contributed by atoms with Crippen molar-refractivity contribution in [2.24, 2.45) is 46.8 Å². The number of hydrogen-bond acceptors (Lipinski definition) is 1. The lowest BCUT2D eigenvalue weighted by atomic mass is 8.96. The quantitative estimate of drug-likeness (QED) is 0.608. The molecule has 0 spiro atoms. The summed E-state index contributed by atoms with van der Waals surface area (Å²) >= 11 is 5.60. The summed E-state index contributed by atoms with van der Waals surface area (Å²) in [5, 5.41) is 0. The van der Waals surface area contributed by atoms with Crippen LogP contribution in [0.2, 0.25) is 0 Å². The van der Waals surface area contributed by atoms with E-state index in [1.807, 2.05) is 0 Å². The van der Waals surface area contributed by atoms with Gasteiger partial charge < -0.3 is 0 Å². The van der Waals surface area contributed by atoms with Crippen LogP contribution >= 0.6 is 11.8 Å². The Morgan fingerprint density at radius 1 is 1.00 bits per heavy atom. The molecular weight excluding hydrogens is 158 g/mol. The summed E-state index contributed by atoms with van der Waals surface area (Å²) < 4.78 is 0. The van der Waals surface area contributed by atoms with Crippen LogP contribution in [0.15, 0.2) is 0 Å². The summed E-state index contributed by atoms with van der Waals surface area (Å²) in [5.41, 5.74) is 0.774. The molecule has 0 atom stereocenters. The fourth-order valence-electron chi connectivity index (χ4n) is 6.14. The molecule has 6 aliphatic carbocycles. The molecule has 6 aliphatic rings.